The van der Waals surface area contributed by atoms with Gasteiger partial charge in [-0.25, -0.2) is 9.59 Å². The van der Waals surface area contributed by atoms with Gasteiger partial charge in [-0.05, 0) is 50.6 Å². The lowest BCUT2D eigenvalue weighted by Crippen LogP contribution is -2.25. The summed E-state index contributed by atoms with van der Waals surface area (Å²) in [5, 5.41) is 8.73. The molecule has 8 heteroatoms. The van der Waals surface area contributed by atoms with Crippen LogP contribution in [-0.2, 0) is 39.2 Å². The summed E-state index contributed by atoms with van der Waals surface area (Å²) < 4.78 is 0. The molecule has 0 radical (unpaired) electrons. The Morgan fingerprint density at radius 3 is 1.32 bits per heavy atom. The predicted octanol–water partition coefficient (Wildman–Crippen LogP) is 2.96. The van der Waals surface area contributed by atoms with Crippen LogP contribution in [0.25, 0.3) is 0 Å². The van der Waals surface area contributed by atoms with E-state index in [1.54, 1.807) is 27.7 Å². The van der Waals surface area contributed by atoms with Gasteiger partial charge in [0.15, 0.2) is 0 Å². The summed E-state index contributed by atoms with van der Waals surface area (Å²) in [7, 11) is 0. The molecule has 0 aliphatic rings. The van der Waals surface area contributed by atoms with Gasteiger partial charge >= 0.3 is 11.9 Å². The molecule has 0 aromatic carbocycles. The highest BCUT2D eigenvalue weighted by Crippen LogP contribution is 2.15. The average Bonchev–Trinajstić information content (AvgIpc) is 2.45. The van der Waals surface area contributed by atoms with Crippen LogP contribution in [0.5, 0.6) is 0 Å². The fraction of sp³-hybridized carbons (Fsp3) is 0.857. The third kappa shape index (κ3) is 10.5. The molecule has 130 valence electrons. The Kier molecular flexibility index (Phi) is 9.19. The Morgan fingerprint density at radius 1 is 0.727 bits per heavy atom. The Bertz CT molecular complexity index is 317. The average molecular weight is 322 g/mol. The maximum atomic E-state index is 11.3. The van der Waals surface area contributed by atoms with Crippen LogP contribution >= 0.6 is 0 Å². The van der Waals surface area contributed by atoms with E-state index in [0.717, 1.165) is 0 Å². The molecule has 0 saturated carbocycles. The number of hydrogen-bond acceptors (Lipinski definition) is 8. The van der Waals surface area contributed by atoms with Crippen LogP contribution in [0.2, 0.25) is 0 Å². The molecule has 0 rings (SSSR count). The minimum absolute atomic E-state index is 0.241. The zero-order valence-corrected chi connectivity index (χ0v) is 14.1. The summed E-state index contributed by atoms with van der Waals surface area (Å²) >= 11 is 0. The predicted molar refractivity (Wildman–Crippen MR) is 74.5 cm³/mol. The second-order valence-electron chi connectivity index (χ2n) is 5.94. The quantitative estimate of drug-likeness (QED) is 0.423. The Balaban J connectivity index is 3.76. The first-order valence-electron chi connectivity index (χ1n) is 7.22. The Labute approximate surface area is 130 Å². The molecular weight excluding hydrogens is 296 g/mol. The molecule has 0 bridgehead atoms. The summed E-state index contributed by atoms with van der Waals surface area (Å²) in [5.41, 5.74) is -1.15. The van der Waals surface area contributed by atoms with E-state index in [0.29, 0.717) is 12.8 Å². The zero-order valence-electron chi connectivity index (χ0n) is 14.1. The number of rotatable bonds is 11. The second kappa shape index (κ2) is 9.73. The molecule has 0 fully saturated rings. The van der Waals surface area contributed by atoms with E-state index in [-0.39, 0.29) is 12.8 Å². The van der Waals surface area contributed by atoms with Crippen LogP contribution in [0.15, 0.2) is 0 Å². The number of carbonyl (C=O) groups excluding carboxylic acids is 2. The van der Waals surface area contributed by atoms with Gasteiger partial charge in [-0.2, -0.15) is 9.78 Å². The van der Waals surface area contributed by atoms with E-state index in [4.69, 9.17) is 9.78 Å². The van der Waals surface area contributed by atoms with Crippen molar-refractivity contribution in [2.45, 2.75) is 78.4 Å². The first kappa shape index (κ1) is 20.8. The molecule has 8 nitrogen and oxygen atoms in total. The molecular formula is C14H26O8. The van der Waals surface area contributed by atoms with Gasteiger partial charge in [0.2, 0.25) is 0 Å². The van der Waals surface area contributed by atoms with Gasteiger partial charge in [-0.1, -0.05) is 13.8 Å². The fourth-order valence-corrected chi connectivity index (χ4v) is 0.699. The molecule has 0 spiro atoms. The van der Waals surface area contributed by atoms with Crippen molar-refractivity contribution in [3.05, 3.63) is 0 Å². The molecule has 0 unspecified atom stereocenters. The molecule has 0 aliphatic heterocycles. The van der Waals surface area contributed by atoms with Crippen LogP contribution in [0, 0.1) is 0 Å². The highest BCUT2D eigenvalue weighted by Gasteiger charge is 2.20. The highest BCUT2D eigenvalue weighted by atomic mass is 17.5. The molecule has 0 aliphatic carbocycles. The summed E-state index contributed by atoms with van der Waals surface area (Å²) in [5.74, 6) is -1.53. The van der Waals surface area contributed by atoms with E-state index in [1.165, 1.54) is 0 Å². The second-order valence-corrected chi connectivity index (χ2v) is 5.94. The van der Waals surface area contributed by atoms with Gasteiger partial charge in [-0.15, -0.1) is 0 Å². The van der Waals surface area contributed by atoms with Gasteiger partial charge in [0.25, 0.3) is 0 Å². The standard InChI is InChI=1S/C14H26O8/c1-7-13(3,4)19-21-17-11(15)9-10-12(16)18-22-20-14(5,6)8-2/h7-10H2,1-6H3. The van der Waals surface area contributed by atoms with Crippen molar-refractivity contribution in [3.63, 3.8) is 0 Å². The molecule has 0 aromatic rings. The largest absolute Gasteiger partial charge is 0.346 e. The smallest absolute Gasteiger partial charge is 0.269 e. The lowest BCUT2D eigenvalue weighted by Gasteiger charge is -2.19. The lowest BCUT2D eigenvalue weighted by atomic mass is 10.1. The van der Waals surface area contributed by atoms with Crippen molar-refractivity contribution in [1.29, 1.82) is 0 Å². The van der Waals surface area contributed by atoms with E-state index < -0.39 is 23.1 Å². The maximum absolute atomic E-state index is 11.3. The van der Waals surface area contributed by atoms with Crippen molar-refractivity contribution in [2.75, 3.05) is 0 Å². The van der Waals surface area contributed by atoms with Crippen molar-refractivity contribution in [3.8, 4) is 0 Å². The van der Waals surface area contributed by atoms with Gasteiger partial charge in [0.05, 0.1) is 12.8 Å². The van der Waals surface area contributed by atoms with Gasteiger partial charge in [0.1, 0.15) is 11.2 Å². The summed E-state index contributed by atoms with van der Waals surface area (Å²) in [6.45, 7) is 10.9. The van der Waals surface area contributed by atoms with Gasteiger partial charge in [0, 0.05) is 0 Å². The highest BCUT2D eigenvalue weighted by molar-refractivity contribution is 5.76. The third-order valence-electron chi connectivity index (χ3n) is 3.01. The summed E-state index contributed by atoms with van der Waals surface area (Å²) in [6.07, 6.45) is 0.856. The summed E-state index contributed by atoms with van der Waals surface area (Å²) in [6, 6.07) is 0. The minimum Gasteiger partial charge on any atom is -0.269 e. The van der Waals surface area contributed by atoms with Crippen LogP contribution in [0.4, 0.5) is 0 Å². The van der Waals surface area contributed by atoms with Gasteiger partial charge in [-0.3, -0.25) is 9.78 Å². The summed E-state index contributed by atoms with van der Waals surface area (Å²) in [4.78, 5) is 41.1. The number of carbonyl (C=O) groups is 2. The van der Waals surface area contributed by atoms with Crippen LogP contribution in [-0.4, -0.2) is 23.1 Å². The first-order chi connectivity index (χ1) is 10.1. The van der Waals surface area contributed by atoms with Crippen LogP contribution < -0.4 is 0 Å². The lowest BCUT2D eigenvalue weighted by molar-refractivity contribution is -0.518. The maximum Gasteiger partial charge on any atom is 0.346 e. The molecule has 0 saturated heterocycles. The monoisotopic (exact) mass is 322 g/mol. The normalized spacial score (nSPS) is 12.1. The van der Waals surface area contributed by atoms with Crippen molar-refractivity contribution in [2.24, 2.45) is 0 Å². The van der Waals surface area contributed by atoms with Crippen molar-refractivity contribution < 1.29 is 39.2 Å². The van der Waals surface area contributed by atoms with E-state index >= 15 is 0 Å². The van der Waals surface area contributed by atoms with E-state index in [1.807, 2.05) is 13.8 Å². The molecule has 0 aromatic heterocycles. The Morgan fingerprint density at radius 2 is 1.05 bits per heavy atom. The van der Waals surface area contributed by atoms with Crippen LogP contribution in [0.3, 0.4) is 0 Å². The third-order valence-corrected chi connectivity index (χ3v) is 3.01. The Hall–Kier alpha value is -1.22. The molecule has 0 atom stereocenters. The fourth-order valence-electron chi connectivity index (χ4n) is 0.699. The van der Waals surface area contributed by atoms with Crippen molar-refractivity contribution in [1.82, 2.24) is 0 Å². The van der Waals surface area contributed by atoms with E-state index in [9.17, 15) is 9.59 Å². The van der Waals surface area contributed by atoms with Gasteiger partial charge < -0.3 is 0 Å². The van der Waals surface area contributed by atoms with Crippen LogP contribution in [0.1, 0.15) is 67.2 Å². The SMILES string of the molecule is CCC(C)(C)OOOC(=O)CCC(=O)OOOC(C)(C)CC. The number of hydrogen-bond donors (Lipinski definition) is 0. The molecule has 0 heterocycles. The van der Waals surface area contributed by atoms with Crippen molar-refractivity contribution >= 4 is 11.9 Å². The topological polar surface area (TPSA) is 89.5 Å². The first-order valence-corrected chi connectivity index (χ1v) is 7.22. The molecule has 0 amide bonds. The molecule has 0 N–H and O–H groups in total. The molecule has 22 heavy (non-hydrogen) atoms. The van der Waals surface area contributed by atoms with E-state index in [2.05, 4.69) is 19.9 Å². The zero-order chi connectivity index (χ0) is 17.2. The minimum atomic E-state index is -0.765.